The molecular formula is C13H14Br2N2O2. The average molecular weight is 390 g/mol. The average Bonchev–Trinajstić information content (AvgIpc) is 2.74. The zero-order chi connectivity index (χ0) is 14.0. The quantitative estimate of drug-likeness (QED) is 0.863. The van der Waals surface area contributed by atoms with Crippen molar-refractivity contribution in [2.75, 3.05) is 18.4 Å². The van der Waals surface area contributed by atoms with Gasteiger partial charge in [-0.15, -0.1) is 0 Å². The number of carbonyl (C=O) groups is 2. The molecule has 1 N–H and O–H groups in total. The lowest BCUT2D eigenvalue weighted by atomic mass is 10.1. The predicted molar refractivity (Wildman–Crippen MR) is 80.8 cm³/mol. The zero-order valence-corrected chi connectivity index (χ0v) is 13.6. The normalized spacial score (nSPS) is 18.8. The summed E-state index contributed by atoms with van der Waals surface area (Å²) in [7, 11) is 0. The minimum Gasteiger partial charge on any atom is -0.342 e. The number of likely N-dealkylation sites (tertiary alicyclic amines) is 1. The summed E-state index contributed by atoms with van der Waals surface area (Å²) in [6.45, 7) is 3.09. The minimum absolute atomic E-state index is 0.0533. The van der Waals surface area contributed by atoms with E-state index in [1.807, 2.05) is 25.1 Å². The highest BCUT2D eigenvalue weighted by Gasteiger charge is 2.33. The Morgan fingerprint density at radius 3 is 2.79 bits per heavy atom. The standard InChI is InChI=1S/C13H14Br2N2O2/c1-2-17-7-8(5-12(17)18)13(19)16-11-4-3-9(14)6-10(11)15/h3-4,6,8H,2,5,7H2,1H3,(H,16,19). The smallest absolute Gasteiger partial charge is 0.229 e. The summed E-state index contributed by atoms with van der Waals surface area (Å²) in [6.07, 6.45) is 0.299. The van der Waals surface area contributed by atoms with Gasteiger partial charge in [-0.25, -0.2) is 0 Å². The Labute approximate surface area is 128 Å². The molecule has 1 saturated heterocycles. The molecule has 6 heteroatoms. The zero-order valence-electron chi connectivity index (χ0n) is 10.5. The van der Waals surface area contributed by atoms with Crippen LogP contribution in [0.2, 0.25) is 0 Å². The largest absolute Gasteiger partial charge is 0.342 e. The Bertz CT molecular complexity index is 519. The first-order chi connectivity index (χ1) is 9.01. The SMILES string of the molecule is CCN1CC(C(=O)Nc2ccc(Br)cc2Br)CC1=O. The summed E-state index contributed by atoms with van der Waals surface area (Å²) in [6, 6.07) is 5.55. The highest BCUT2D eigenvalue weighted by molar-refractivity contribution is 9.11. The first kappa shape index (κ1) is 14.5. The molecule has 0 aromatic heterocycles. The lowest BCUT2D eigenvalue weighted by molar-refractivity contribution is -0.128. The molecule has 1 unspecified atom stereocenters. The molecule has 1 aromatic carbocycles. The number of anilines is 1. The van der Waals surface area contributed by atoms with E-state index in [1.165, 1.54) is 0 Å². The van der Waals surface area contributed by atoms with Crippen LogP contribution >= 0.6 is 31.9 Å². The third kappa shape index (κ3) is 3.36. The molecule has 0 radical (unpaired) electrons. The second kappa shape index (κ2) is 6.05. The fourth-order valence-electron chi connectivity index (χ4n) is 2.08. The molecule has 1 atom stereocenters. The third-order valence-electron chi connectivity index (χ3n) is 3.16. The Morgan fingerprint density at radius 1 is 1.47 bits per heavy atom. The molecule has 19 heavy (non-hydrogen) atoms. The number of halogens is 2. The van der Waals surface area contributed by atoms with Crippen molar-refractivity contribution in [1.82, 2.24) is 4.90 Å². The van der Waals surface area contributed by atoms with Gasteiger partial charge in [0, 0.05) is 28.5 Å². The molecule has 102 valence electrons. The maximum Gasteiger partial charge on any atom is 0.229 e. The monoisotopic (exact) mass is 388 g/mol. The molecular weight excluding hydrogens is 376 g/mol. The molecule has 0 spiro atoms. The van der Waals surface area contributed by atoms with Crippen LogP contribution < -0.4 is 5.32 Å². The van der Waals surface area contributed by atoms with Gasteiger partial charge in [-0.2, -0.15) is 0 Å². The Hall–Kier alpha value is -0.880. The maximum absolute atomic E-state index is 12.1. The van der Waals surface area contributed by atoms with Gasteiger partial charge in [0.15, 0.2) is 0 Å². The first-order valence-electron chi connectivity index (χ1n) is 6.05. The second-order valence-electron chi connectivity index (χ2n) is 4.45. The number of carbonyl (C=O) groups excluding carboxylic acids is 2. The van der Waals surface area contributed by atoms with E-state index in [0.29, 0.717) is 19.5 Å². The van der Waals surface area contributed by atoms with Crippen LogP contribution in [0.1, 0.15) is 13.3 Å². The molecule has 2 amide bonds. The molecule has 2 rings (SSSR count). The van der Waals surface area contributed by atoms with Crippen molar-refractivity contribution < 1.29 is 9.59 Å². The lowest BCUT2D eigenvalue weighted by Gasteiger charge is -2.14. The lowest BCUT2D eigenvalue weighted by Crippen LogP contribution is -2.28. The molecule has 0 bridgehead atoms. The third-order valence-corrected chi connectivity index (χ3v) is 4.31. The fraction of sp³-hybridized carbons (Fsp3) is 0.385. The minimum atomic E-state index is -0.261. The van der Waals surface area contributed by atoms with Gasteiger partial charge in [0.25, 0.3) is 0 Å². The van der Waals surface area contributed by atoms with Gasteiger partial charge in [-0.1, -0.05) is 15.9 Å². The first-order valence-corrected chi connectivity index (χ1v) is 7.63. The van der Waals surface area contributed by atoms with Crippen molar-refractivity contribution in [1.29, 1.82) is 0 Å². The summed E-state index contributed by atoms with van der Waals surface area (Å²) >= 11 is 6.76. The van der Waals surface area contributed by atoms with Crippen LogP contribution in [0.15, 0.2) is 27.1 Å². The molecule has 0 aliphatic carbocycles. The van der Waals surface area contributed by atoms with Crippen molar-refractivity contribution in [2.45, 2.75) is 13.3 Å². The van der Waals surface area contributed by atoms with E-state index in [-0.39, 0.29) is 17.7 Å². The summed E-state index contributed by atoms with van der Waals surface area (Å²) in [4.78, 5) is 25.5. The number of hydrogen-bond donors (Lipinski definition) is 1. The molecule has 1 aromatic rings. The van der Waals surface area contributed by atoms with Gasteiger partial charge in [0.1, 0.15) is 0 Å². The van der Waals surface area contributed by atoms with E-state index < -0.39 is 0 Å². The molecule has 1 aliphatic rings. The fourth-order valence-corrected chi connectivity index (χ4v) is 3.23. The van der Waals surface area contributed by atoms with E-state index in [1.54, 1.807) is 4.90 Å². The van der Waals surface area contributed by atoms with Gasteiger partial charge in [0.2, 0.25) is 11.8 Å². The van der Waals surface area contributed by atoms with Gasteiger partial charge >= 0.3 is 0 Å². The number of hydrogen-bond acceptors (Lipinski definition) is 2. The highest BCUT2D eigenvalue weighted by Crippen LogP contribution is 2.27. The highest BCUT2D eigenvalue weighted by atomic mass is 79.9. The van der Waals surface area contributed by atoms with Gasteiger partial charge < -0.3 is 10.2 Å². The molecule has 4 nitrogen and oxygen atoms in total. The number of nitrogens with zero attached hydrogens (tertiary/aromatic N) is 1. The second-order valence-corrected chi connectivity index (χ2v) is 6.22. The van der Waals surface area contributed by atoms with Crippen molar-refractivity contribution in [3.8, 4) is 0 Å². The maximum atomic E-state index is 12.1. The number of amides is 2. The van der Waals surface area contributed by atoms with Crippen LogP contribution in [0, 0.1) is 5.92 Å². The van der Waals surface area contributed by atoms with Crippen LogP contribution in [0.4, 0.5) is 5.69 Å². The van der Waals surface area contributed by atoms with Gasteiger partial charge in [-0.3, -0.25) is 9.59 Å². The number of nitrogens with one attached hydrogen (secondary N) is 1. The molecule has 0 saturated carbocycles. The van der Waals surface area contributed by atoms with Crippen molar-refractivity contribution in [3.63, 3.8) is 0 Å². The van der Waals surface area contributed by atoms with E-state index in [4.69, 9.17) is 0 Å². The topological polar surface area (TPSA) is 49.4 Å². The van der Waals surface area contributed by atoms with Crippen LogP contribution in [0.3, 0.4) is 0 Å². The molecule has 1 aliphatic heterocycles. The van der Waals surface area contributed by atoms with Gasteiger partial charge in [-0.05, 0) is 41.1 Å². The Morgan fingerprint density at radius 2 is 2.21 bits per heavy atom. The van der Waals surface area contributed by atoms with Crippen molar-refractivity contribution in [3.05, 3.63) is 27.1 Å². The number of rotatable bonds is 3. The summed E-state index contributed by atoms with van der Waals surface area (Å²) in [5.74, 6) is -0.312. The summed E-state index contributed by atoms with van der Waals surface area (Å²) in [5.41, 5.74) is 0.718. The van der Waals surface area contributed by atoms with Crippen LogP contribution in [0.25, 0.3) is 0 Å². The summed E-state index contributed by atoms with van der Waals surface area (Å²) in [5, 5.41) is 2.86. The Balaban J connectivity index is 2.04. The van der Waals surface area contributed by atoms with E-state index in [9.17, 15) is 9.59 Å². The molecule has 1 heterocycles. The van der Waals surface area contributed by atoms with Crippen molar-refractivity contribution in [2.24, 2.45) is 5.92 Å². The number of benzene rings is 1. The van der Waals surface area contributed by atoms with Crippen LogP contribution in [-0.2, 0) is 9.59 Å². The van der Waals surface area contributed by atoms with Crippen molar-refractivity contribution >= 4 is 49.4 Å². The van der Waals surface area contributed by atoms with E-state index >= 15 is 0 Å². The van der Waals surface area contributed by atoms with E-state index in [0.717, 1.165) is 14.6 Å². The van der Waals surface area contributed by atoms with Crippen LogP contribution in [-0.4, -0.2) is 29.8 Å². The van der Waals surface area contributed by atoms with Gasteiger partial charge in [0.05, 0.1) is 11.6 Å². The predicted octanol–water partition coefficient (Wildman–Crippen LogP) is 3.02. The Kier molecular flexibility index (Phi) is 4.62. The van der Waals surface area contributed by atoms with Crippen LogP contribution in [0.5, 0.6) is 0 Å². The summed E-state index contributed by atoms with van der Waals surface area (Å²) < 4.78 is 1.75. The molecule has 1 fully saturated rings. The van der Waals surface area contributed by atoms with E-state index in [2.05, 4.69) is 37.2 Å².